The first-order valence-electron chi connectivity index (χ1n) is 13.4. The zero-order chi connectivity index (χ0) is 27.2. The topological polar surface area (TPSA) is 77.6 Å². The van der Waals surface area contributed by atoms with Gasteiger partial charge in [-0.25, -0.2) is 24.9 Å². The molecule has 0 amide bonds. The quantitative estimate of drug-likeness (QED) is 0.229. The Balaban J connectivity index is 1.28. The molecule has 0 N–H and O–H groups in total. The maximum atomic E-state index is 6.06. The first-order valence-corrected chi connectivity index (χ1v) is 13.4. The van der Waals surface area contributed by atoms with E-state index in [9.17, 15) is 0 Å². The molecule has 8 aromatic rings. The van der Waals surface area contributed by atoms with E-state index in [4.69, 9.17) is 24.4 Å². The molecular formula is C35H21N5O. The van der Waals surface area contributed by atoms with Crippen LogP contribution in [0.3, 0.4) is 0 Å². The summed E-state index contributed by atoms with van der Waals surface area (Å²) in [7, 11) is 0. The Morgan fingerprint density at radius 2 is 0.878 bits per heavy atom. The van der Waals surface area contributed by atoms with E-state index in [1.807, 2.05) is 91.0 Å². The van der Waals surface area contributed by atoms with Crippen molar-refractivity contribution in [1.29, 1.82) is 0 Å². The van der Waals surface area contributed by atoms with Crippen molar-refractivity contribution in [3.63, 3.8) is 0 Å². The Morgan fingerprint density at radius 1 is 0.390 bits per heavy atom. The molecule has 0 fully saturated rings. The van der Waals surface area contributed by atoms with Crippen molar-refractivity contribution in [1.82, 2.24) is 24.9 Å². The molecule has 0 saturated heterocycles. The van der Waals surface area contributed by atoms with Crippen molar-refractivity contribution >= 4 is 33.2 Å². The second-order valence-corrected chi connectivity index (χ2v) is 9.79. The maximum Gasteiger partial charge on any atom is 0.246 e. The fourth-order valence-electron chi connectivity index (χ4n) is 5.07. The second-order valence-electron chi connectivity index (χ2n) is 9.79. The number of aromatic nitrogens is 5. The number of hydrogen-bond acceptors (Lipinski definition) is 6. The third kappa shape index (κ3) is 4.19. The van der Waals surface area contributed by atoms with E-state index in [2.05, 4.69) is 41.4 Å². The molecule has 192 valence electrons. The molecule has 0 radical (unpaired) electrons. The minimum Gasteiger partial charge on any atom is -0.436 e. The minimum absolute atomic E-state index is 0.510. The van der Waals surface area contributed by atoms with Crippen LogP contribution in [0.5, 0.6) is 0 Å². The van der Waals surface area contributed by atoms with E-state index in [-0.39, 0.29) is 0 Å². The summed E-state index contributed by atoms with van der Waals surface area (Å²) in [4.78, 5) is 24.2. The third-order valence-electron chi connectivity index (χ3n) is 7.16. The van der Waals surface area contributed by atoms with Crippen LogP contribution in [0.15, 0.2) is 132 Å². The van der Waals surface area contributed by atoms with Crippen molar-refractivity contribution in [3.05, 3.63) is 127 Å². The Hall–Kier alpha value is -5.75. The summed E-state index contributed by atoms with van der Waals surface area (Å²) in [5, 5.41) is 0.867. The molecule has 0 aliphatic carbocycles. The highest BCUT2D eigenvalue weighted by atomic mass is 16.3. The molecule has 41 heavy (non-hydrogen) atoms. The van der Waals surface area contributed by atoms with E-state index in [1.54, 1.807) is 0 Å². The first-order chi connectivity index (χ1) is 20.3. The molecule has 0 saturated carbocycles. The number of nitrogens with zero attached hydrogens (tertiary/aromatic N) is 5. The van der Waals surface area contributed by atoms with Gasteiger partial charge in [0.1, 0.15) is 11.1 Å². The van der Waals surface area contributed by atoms with Gasteiger partial charge in [-0.15, -0.1) is 0 Å². The van der Waals surface area contributed by atoms with E-state index in [0.717, 1.165) is 49.8 Å². The molecule has 3 aromatic heterocycles. The number of hydrogen-bond donors (Lipinski definition) is 0. The van der Waals surface area contributed by atoms with Crippen molar-refractivity contribution in [2.24, 2.45) is 0 Å². The van der Waals surface area contributed by atoms with Gasteiger partial charge in [-0.3, -0.25) is 0 Å². The van der Waals surface area contributed by atoms with E-state index < -0.39 is 0 Å². The average molecular weight is 528 g/mol. The second kappa shape index (κ2) is 9.47. The van der Waals surface area contributed by atoms with Gasteiger partial charge in [0.2, 0.25) is 5.71 Å². The summed E-state index contributed by atoms with van der Waals surface area (Å²) in [5.74, 6) is 1.79. The largest absolute Gasteiger partial charge is 0.436 e. The highest BCUT2D eigenvalue weighted by Gasteiger charge is 2.16. The van der Waals surface area contributed by atoms with Crippen LogP contribution < -0.4 is 0 Å². The summed E-state index contributed by atoms with van der Waals surface area (Å²) in [6, 6.07) is 42.3. The molecule has 0 unspecified atom stereocenters. The molecule has 0 aliphatic rings. The zero-order valence-corrected chi connectivity index (χ0v) is 21.8. The lowest BCUT2D eigenvalue weighted by Crippen LogP contribution is -2.00. The predicted octanol–water partition coefficient (Wildman–Crippen LogP) is 8.38. The van der Waals surface area contributed by atoms with E-state index in [0.29, 0.717) is 28.8 Å². The third-order valence-corrected chi connectivity index (χ3v) is 7.16. The Bertz CT molecular complexity index is 2190. The van der Waals surface area contributed by atoms with Gasteiger partial charge in [0, 0.05) is 22.1 Å². The lowest BCUT2D eigenvalue weighted by atomic mass is 10.0. The normalized spacial score (nSPS) is 11.4. The predicted molar refractivity (Wildman–Crippen MR) is 162 cm³/mol. The minimum atomic E-state index is 0.510. The maximum absolute atomic E-state index is 6.06. The molecule has 8 rings (SSSR count). The van der Waals surface area contributed by atoms with Gasteiger partial charge in [0.05, 0.1) is 11.0 Å². The van der Waals surface area contributed by atoms with Crippen LogP contribution >= 0.6 is 0 Å². The number of fused-ring (bicyclic) bond motifs is 4. The summed E-state index contributed by atoms with van der Waals surface area (Å²) in [6.07, 6.45) is 0. The van der Waals surface area contributed by atoms with E-state index in [1.165, 1.54) is 0 Å². The molecule has 0 bridgehead atoms. The van der Waals surface area contributed by atoms with Crippen molar-refractivity contribution < 1.29 is 4.42 Å². The van der Waals surface area contributed by atoms with Gasteiger partial charge in [0.15, 0.2) is 17.5 Å². The Kier molecular flexibility index (Phi) is 5.35. The van der Waals surface area contributed by atoms with E-state index >= 15 is 0 Å². The lowest BCUT2D eigenvalue weighted by Gasteiger charge is -2.09. The average Bonchev–Trinajstić information content (AvgIpc) is 3.41. The summed E-state index contributed by atoms with van der Waals surface area (Å²) >= 11 is 0. The monoisotopic (exact) mass is 527 g/mol. The molecule has 6 nitrogen and oxygen atoms in total. The highest BCUT2D eigenvalue weighted by Crippen LogP contribution is 2.32. The Labute approximate surface area is 235 Å². The number of rotatable bonds is 4. The summed E-state index contributed by atoms with van der Waals surface area (Å²) in [6.45, 7) is 0. The van der Waals surface area contributed by atoms with Crippen LogP contribution in [0, 0.1) is 0 Å². The Morgan fingerprint density at radius 3 is 1.56 bits per heavy atom. The molecular weight excluding hydrogens is 506 g/mol. The van der Waals surface area contributed by atoms with Crippen LogP contribution in [-0.2, 0) is 0 Å². The smallest absolute Gasteiger partial charge is 0.246 e. The number of para-hydroxylation sites is 2. The summed E-state index contributed by atoms with van der Waals surface area (Å²) < 4.78 is 6.06. The van der Waals surface area contributed by atoms with Crippen molar-refractivity contribution in [2.75, 3.05) is 0 Å². The lowest BCUT2D eigenvalue weighted by molar-refractivity contribution is 0.655. The fourth-order valence-corrected chi connectivity index (χ4v) is 5.07. The van der Waals surface area contributed by atoms with Crippen LogP contribution in [-0.4, -0.2) is 24.9 Å². The van der Waals surface area contributed by atoms with Crippen LogP contribution in [0.2, 0.25) is 0 Å². The number of furan rings is 1. The fraction of sp³-hybridized carbons (Fsp3) is 0. The molecule has 0 spiro atoms. The van der Waals surface area contributed by atoms with Gasteiger partial charge in [-0.05, 0) is 41.5 Å². The van der Waals surface area contributed by atoms with Crippen LogP contribution in [0.4, 0.5) is 0 Å². The van der Waals surface area contributed by atoms with Gasteiger partial charge in [-0.2, -0.15) is 0 Å². The van der Waals surface area contributed by atoms with Gasteiger partial charge < -0.3 is 4.42 Å². The van der Waals surface area contributed by atoms with Gasteiger partial charge in [-0.1, -0.05) is 97.1 Å². The molecule has 5 aromatic carbocycles. The van der Waals surface area contributed by atoms with Gasteiger partial charge in [0.25, 0.3) is 0 Å². The summed E-state index contributed by atoms with van der Waals surface area (Å²) in [5.41, 5.74) is 8.54. The van der Waals surface area contributed by atoms with Crippen molar-refractivity contribution in [2.45, 2.75) is 0 Å². The molecule has 0 atom stereocenters. The van der Waals surface area contributed by atoms with Crippen LogP contribution in [0.25, 0.3) is 78.5 Å². The molecule has 3 heterocycles. The van der Waals surface area contributed by atoms with Gasteiger partial charge >= 0.3 is 0 Å². The SMILES string of the molecule is c1ccc(-c2ccc(-c3nc(-c4ccccc4)nc(-c4ccc5oc6nc7ccccc7nc6c5c4)n3)cc2)cc1. The first kappa shape index (κ1) is 23.2. The zero-order valence-electron chi connectivity index (χ0n) is 21.8. The molecule has 6 heteroatoms. The molecule has 0 aliphatic heterocycles. The highest BCUT2D eigenvalue weighted by molar-refractivity contribution is 6.04. The van der Waals surface area contributed by atoms with Crippen molar-refractivity contribution in [3.8, 4) is 45.3 Å². The van der Waals surface area contributed by atoms with Crippen LogP contribution in [0.1, 0.15) is 0 Å². The standard InChI is InChI=1S/C35H21N5O/c1-3-9-22(10-4-1)23-15-17-25(18-16-23)33-38-32(24-11-5-2-6-12-24)39-34(40-33)26-19-20-30-27(21-26)31-35(41-30)37-29-14-8-7-13-28(29)36-31/h1-21H. The number of benzene rings is 5.